The molecule has 0 aromatic carbocycles. The van der Waals surface area contributed by atoms with E-state index in [1.165, 1.54) is 13.1 Å². The van der Waals surface area contributed by atoms with Crippen molar-refractivity contribution in [2.24, 2.45) is 0 Å². The van der Waals surface area contributed by atoms with Crippen molar-refractivity contribution in [3.63, 3.8) is 0 Å². The number of esters is 1. The van der Waals surface area contributed by atoms with Crippen LogP contribution < -0.4 is 16.3 Å². The van der Waals surface area contributed by atoms with E-state index in [1.807, 2.05) is 6.92 Å². The fourth-order valence-corrected chi connectivity index (χ4v) is 4.59. The molecule has 1 aromatic heterocycles. The second-order valence-electron chi connectivity index (χ2n) is 7.73. The lowest BCUT2D eigenvalue weighted by atomic mass is 9.86. The summed E-state index contributed by atoms with van der Waals surface area (Å²) in [4.78, 5) is 47.6. The van der Waals surface area contributed by atoms with Crippen molar-refractivity contribution in [1.29, 1.82) is 0 Å². The van der Waals surface area contributed by atoms with Gasteiger partial charge in [0.1, 0.15) is 23.9 Å². The second-order valence-corrected chi connectivity index (χ2v) is 9.29. The highest BCUT2D eigenvalue weighted by molar-refractivity contribution is 7.50. The summed E-state index contributed by atoms with van der Waals surface area (Å²) < 4.78 is 34.8. The molecule has 3 heterocycles. The molecule has 14 heteroatoms. The number of hydrogen-bond donors (Lipinski definition) is 4. The number of hydrogen-bond acceptors (Lipinski definition) is 9. The summed E-state index contributed by atoms with van der Waals surface area (Å²) in [6.45, 7) is 3.28. The van der Waals surface area contributed by atoms with E-state index in [0.717, 1.165) is 17.1 Å². The number of nitrogens with zero attached hydrogens (tertiary/aromatic N) is 1. The van der Waals surface area contributed by atoms with Gasteiger partial charge in [0.25, 0.3) is 5.56 Å². The van der Waals surface area contributed by atoms with Crippen molar-refractivity contribution in [3.8, 4) is 0 Å². The maximum absolute atomic E-state index is 12.4. The average Bonchev–Trinajstić information content (AvgIpc) is 2.98. The third kappa shape index (κ3) is 5.20. The van der Waals surface area contributed by atoms with Gasteiger partial charge in [0.05, 0.1) is 19.8 Å². The first-order valence-electron chi connectivity index (χ1n) is 10.3. The Morgan fingerprint density at radius 3 is 2.81 bits per heavy atom. The summed E-state index contributed by atoms with van der Waals surface area (Å²) in [5.74, 6) is -0.701. The highest BCUT2D eigenvalue weighted by atomic mass is 31.2. The van der Waals surface area contributed by atoms with E-state index in [1.54, 1.807) is 0 Å². The maximum atomic E-state index is 12.4. The fraction of sp³-hybridized carbons (Fsp3) is 0.722. The molecule has 2 fully saturated rings. The van der Waals surface area contributed by atoms with Gasteiger partial charge in [-0.1, -0.05) is 13.3 Å². The van der Waals surface area contributed by atoms with Crippen molar-refractivity contribution in [1.82, 2.24) is 14.6 Å². The van der Waals surface area contributed by atoms with E-state index in [9.17, 15) is 28.9 Å². The van der Waals surface area contributed by atoms with Crippen LogP contribution in [0.3, 0.4) is 0 Å². The quantitative estimate of drug-likeness (QED) is 0.192. The van der Waals surface area contributed by atoms with E-state index in [-0.39, 0.29) is 6.61 Å². The van der Waals surface area contributed by atoms with Gasteiger partial charge in [-0.15, -0.1) is 0 Å². The Hall–Kier alpha value is -1.86. The standard InChI is InChI=1S/C18H28N3O10P/c1-3-4-8-28-15(24)11(2)20-32(26,27)30-10-12-14(23)18(6-9-29-18)16(31-12)21-7-5-13(22)19-17(21)25/h5,7,11-12,14,16,23H,3-4,6,8-10H2,1-2H3,(H,19,22,25)(H2,20,26,27)/t11-,12+,14+,16+,18+/m0/s1. The van der Waals surface area contributed by atoms with Gasteiger partial charge in [-0.25, -0.2) is 14.4 Å². The molecule has 0 amide bonds. The van der Waals surface area contributed by atoms with Crippen LogP contribution in [0.4, 0.5) is 0 Å². The van der Waals surface area contributed by atoms with Crippen LogP contribution in [0.15, 0.2) is 21.9 Å². The van der Waals surface area contributed by atoms with Crippen LogP contribution in [0.25, 0.3) is 0 Å². The first kappa shape index (κ1) is 24.8. The van der Waals surface area contributed by atoms with Crippen LogP contribution in [0, 0.1) is 0 Å². The molecule has 3 rings (SSSR count). The number of ether oxygens (including phenoxy) is 3. The zero-order valence-corrected chi connectivity index (χ0v) is 18.7. The van der Waals surface area contributed by atoms with Crippen molar-refractivity contribution < 1.29 is 38.1 Å². The Morgan fingerprint density at radius 2 is 2.22 bits per heavy atom. The van der Waals surface area contributed by atoms with E-state index in [2.05, 4.69) is 10.1 Å². The molecule has 0 aliphatic carbocycles. The van der Waals surface area contributed by atoms with Crippen LogP contribution in [0.2, 0.25) is 0 Å². The summed E-state index contributed by atoms with van der Waals surface area (Å²) in [6.07, 6.45) is -0.400. The molecule has 2 aliphatic rings. The maximum Gasteiger partial charge on any atom is 0.403 e. The predicted octanol–water partition coefficient (Wildman–Crippen LogP) is -0.608. The van der Waals surface area contributed by atoms with Crippen LogP contribution in [-0.2, 0) is 28.1 Å². The minimum absolute atomic E-state index is 0.202. The second kappa shape index (κ2) is 9.96. The van der Waals surface area contributed by atoms with Crippen molar-refractivity contribution in [2.75, 3.05) is 19.8 Å². The van der Waals surface area contributed by atoms with Crippen LogP contribution in [0.5, 0.6) is 0 Å². The molecule has 1 unspecified atom stereocenters. The summed E-state index contributed by atoms with van der Waals surface area (Å²) in [5, 5.41) is 12.9. The SMILES string of the molecule is CCCCOC(=O)[C@H](C)NP(=O)(O)OC[C@H]1O[C@@H](n2ccc(=O)[nH]c2=O)[C@@]2(CCO2)[C@@H]1O. The highest BCUT2D eigenvalue weighted by Gasteiger charge is 2.62. The van der Waals surface area contributed by atoms with Gasteiger partial charge in [-0.3, -0.25) is 23.7 Å². The number of aromatic amines is 1. The van der Waals surface area contributed by atoms with Crippen LogP contribution >= 0.6 is 7.75 Å². The van der Waals surface area contributed by atoms with E-state index in [0.29, 0.717) is 19.4 Å². The third-order valence-electron chi connectivity index (χ3n) is 5.41. The summed E-state index contributed by atoms with van der Waals surface area (Å²) in [6, 6.07) is 0.0195. The van der Waals surface area contributed by atoms with E-state index < -0.39 is 61.7 Å². The van der Waals surface area contributed by atoms with Gasteiger partial charge in [0, 0.05) is 18.7 Å². The highest BCUT2D eigenvalue weighted by Crippen LogP contribution is 2.49. The van der Waals surface area contributed by atoms with Gasteiger partial charge in [0.15, 0.2) is 6.23 Å². The summed E-state index contributed by atoms with van der Waals surface area (Å²) in [7, 11) is -4.46. The molecule has 1 aromatic rings. The lowest BCUT2D eigenvalue weighted by molar-refractivity contribution is -0.227. The van der Waals surface area contributed by atoms with Crippen molar-refractivity contribution in [3.05, 3.63) is 33.1 Å². The number of carbonyl (C=O) groups excluding carboxylic acids is 1. The molecule has 0 saturated carbocycles. The van der Waals surface area contributed by atoms with E-state index >= 15 is 0 Å². The van der Waals surface area contributed by atoms with Crippen molar-refractivity contribution >= 4 is 13.7 Å². The number of unbranched alkanes of at least 4 members (excludes halogenated alkanes) is 1. The minimum atomic E-state index is -4.46. The Balaban J connectivity index is 1.63. The molecule has 6 atom stereocenters. The molecule has 32 heavy (non-hydrogen) atoms. The Labute approximate surface area is 183 Å². The average molecular weight is 477 g/mol. The molecule has 180 valence electrons. The van der Waals surface area contributed by atoms with Gasteiger partial charge in [-0.2, -0.15) is 0 Å². The molecule has 0 radical (unpaired) electrons. The number of H-pyrrole nitrogens is 1. The number of nitrogens with one attached hydrogen (secondary N) is 2. The third-order valence-corrected chi connectivity index (χ3v) is 6.62. The lowest BCUT2D eigenvalue weighted by Crippen LogP contribution is -2.57. The zero-order chi connectivity index (χ0) is 23.5. The molecule has 4 N–H and O–H groups in total. The smallest absolute Gasteiger partial charge is 0.403 e. The zero-order valence-electron chi connectivity index (χ0n) is 17.8. The minimum Gasteiger partial charge on any atom is -0.465 e. The number of aromatic nitrogens is 2. The molecule has 13 nitrogen and oxygen atoms in total. The number of rotatable bonds is 10. The number of aliphatic hydroxyl groups is 1. The van der Waals surface area contributed by atoms with Crippen LogP contribution in [0.1, 0.15) is 39.3 Å². The van der Waals surface area contributed by atoms with Crippen LogP contribution in [-0.4, -0.2) is 69.2 Å². The topological polar surface area (TPSA) is 178 Å². The molecule has 1 spiro atoms. The molecule has 2 saturated heterocycles. The normalized spacial score (nSPS) is 29.9. The van der Waals surface area contributed by atoms with Gasteiger partial charge < -0.3 is 24.2 Å². The Bertz CT molecular complexity index is 974. The predicted molar refractivity (Wildman–Crippen MR) is 109 cm³/mol. The molecular weight excluding hydrogens is 449 g/mol. The van der Waals surface area contributed by atoms with Gasteiger partial charge in [0.2, 0.25) is 0 Å². The molecule has 0 bridgehead atoms. The Morgan fingerprint density at radius 1 is 1.50 bits per heavy atom. The molecular formula is C18H28N3O10P. The summed E-state index contributed by atoms with van der Waals surface area (Å²) >= 11 is 0. The van der Waals surface area contributed by atoms with Crippen molar-refractivity contribution in [2.45, 2.75) is 63.2 Å². The number of aliphatic hydroxyl groups excluding tert-OH is 1. The fourth-order valence-electron chi connectivity index (χ4n) is 3.58. The lowest BCUT2D eigenvalue weighted by Gasteiger charge is -2.44. The largest absolute Gasteiger partial charge is 0.465 e. The van der Waals surface area contributed by atoms with E-state index in [4.69, 9.17) is 18.7 Å². The first-order valence-corrected chi connectivity index (χ1v) is 11.9. The first-order chi connectivity index (χ1) is 15.1. The van der Waals surface area contributed by atoms with Gasteiger partial charge in [-0.05, 0) is 13.3 Å². The monoisotopic (exact) mass is 477 g/mol. The Kier molecular flexibility index (Phi) is 7.71. The number of carbonyl (C=O) groups is 1. The summed E-state index contributed by atoms with van der Waals surface area (Å²) in [5.41, 5.74) is -2.61. The van der Waals surface area contributed by atoms with Gasteiger partial charge >= 0.3 is 19.4 Å². The molecule has 2 aliphatic heterocycles.